The Labute approximate surface area is 135 Å². The minimum absolute atomic E-state index is 0.413. The summed E-state index contributed by atoms with van der Waals surface area (Å²) < 4.78 is 12.5. The lowest BCUT2D eigenvalue weighted by Crippen LogP contribution is -1.97. The molecular formula is C18H19N3O2. The molecule has 0 saturated carbocycles. The second-order valence-corrected chi connectivity index (χ2v) is 5.06. The lowest BCUT2D eigenvalue weighted by molar-refractivity contribution is 0.355. The van der Waals surface area contributed by atoms with Gasteiger partial charge < -0.3 is 15.2 Å². The van der Waals surface area contributed by atoms with E-state index in [0.717, 1.165) is 22.5 Å². The predicted octanol–water partition coefficient (Wildman–Crippen LogP) is 3.02. The highest BCUT2D eigenvalue weighted by Crippen LogP contribution is 2.33. The van der Waals surface area contributed by atoms with Crippen LogP contribution < -0.4 is 15.2 Å². The molecule has 118 valence electrons. The van der Waals surface area contributed by atoms with Gasteiger partial charge in [-0.15, -0.1) is 0 Å². The summed E-state index contributed by atoms with van der Waals surface area (Å²) in [6.07, 6.45) is 1.96. The molecule has 2 aromatic carbocycles. The van der Waals surface area contributed by atoms with Crippen LogP contribution in [-0.2, 0) is 6.54 Å². The van der Waals surface area contributed by atoms with Crippen molar-refractivity contribution in [2.45, 2.75) is 6.54 Å². The van der Waals surface area contributed by atoms with Crippen molar-refractivity contribution in [3.05, 3.63) is 60.3 Å². The van der Waals surface area contributed by atoms with E-state index in [1.165, 1.54) is 0 Å². The van der Waals surface area contributed by atoms with E-state index in [-0.39, 0.29) is 0 Å². The SMILES string of the molecule is COc1ccc(-c2nn(-c3ccccc3)cc2CN)cc1OC. The lowest BCUT2D eigenvalue weighted by Gasteiger charge is -2.09. The second kappa shape index (κ2) is 6.54. The summed E-state index contributed by atoms with van der Waals surface area (Å²) in [4.78, 5) is 0. The molecule has 5 nitrogen and oxygen atoms in total. The highest BCUT2D eigenvalue weighted by Gasteiger charge is 2.13. The molecule has 0 aliphatic heterocycles. The van der Waals surface area contributed by atoms with E-state index in [9.17, 15) is 0 Å². The molecule has 0 atom stereocenters. The first-order valence-corrected chi connectivity index (χ1v) is 7.33. The van der Waals surface area contributed by atoms with Crippen molar-refractivity contribution in [3.8, 4) is 28.4 Å². The van der Waals surface area contributed by atoms with Gasteiger partial charge >= 0.3 is 0 Å². The first-order valence-electron chi connectivity index (χ1n) is 7.33. The number of ether oxygens (including phenoxy) is 2. The van der Waals surface area contributed by atoms with Crippen LogP contribution in [0, 0.1) is 0 Å². The Morgan fingerprint density at radius 1 is 1.00 bits per heavy atom. The summed E-state index contributed by atoms with van der Waals surface area (Å²) in [7, 11) is 3.24. The Kier molecular flexibility index (Phi) is 4.30. The van der Waals surface area contributed by atoms with Gasteiger partial charge in [-0.1, -0.05) is 18.2 Å². The summed E-state index contributed by atoms with van der Waals surface area (Å²) in [5.74, 6) is 1.36. The molecule has 3 rings (SSSR count). The third-order valence-corrected chi connectivity index (χ3v) is 3.69. The Balaban J connectivity index is 2.08. The quantitative estimate of drug-likeness (QED) is 0.787. The topological polar surface area (TPSA) is 62.3 Å². The van der Waals surface area contributed by atoms with Crippen LogP contribution in [0.5, 0.6) is 11.5 Å². The molecule has 0 radical (unpaired) electrons. The Bertz CT molecular complexity index is 797. The zero-order valence-corrected chi connectivity index (χ0v) is 13.2. The third-order valence-electron chi connectivity index (χ3n) is 3.69. The van der Waals surface area contributed by atoms with Gasteiger partial charge in [0.15, 0.2) is 11.5 Å². The van der Waals surface area contributed by atoms with Crippen LogP contribution in [0.15, 0.2) is 54.7 Å². The third kappa shape index (κ3) is 2.91. The van der Waals surface area contributed by atoms with Gasteiger partial charge in [0.1, 0.15) is 0 Å². The van der Waals surface area contributed by atoms with E-state index < -0.39 is 0 Å². The van der Waals surface area contributed by atoms with E-state index in [4.69, 9.17) is 20.3 Å². The van der Waals surface area contributed by atoms with Gasteiger partial charge in [0, 0.05) is 23.9 Å². The summed E-state index contributed by atoms with van der Waals surface area (Å²) in [5.41, 5.74) is 9.65. The summed E-state index contributed by atoms with van der Waals surface area (Å²) >= 11 is 0. The van der Waals surface area contributed by atoms with E-state index in [2.05, 4.69) is 0 Å². The fourth-order valence-electron chi connectivity index (χ4n) is 2.50. The van der Waals surface area contributed by atoms with Gasteiger partial charge in [0.05, 0.1) is 25.6 Å². The number of hydrogen-bond acceptors (Lipinski definition) is 4. The zero-order valence-electron chi connectivity index (χ0n) is 13.2. The minimum atomic E-state index is 0.413. The van der Waals surface area contributed by atoms with E-state index >= 15 is 0 Å². The highest BCUT2D eigenvalue weighted by molar-refractivity contribution is 5.67. The maximum Gasteiger partial charge on any atom is 0.161 e. The maximum absolute atomic E-state index is 5.90. The average Bonchev–Trinajstić information content (AvgIpc) is 3.06. The van der Waals surface area contributed by atoms with Crippen LogP contribution in [0.2, 0.25) is 0 Å². The molecule has 0 fully saturated rings. The van der Waals surface area contributed by atoms with Crippen molar-refractivity contribution in [1.29, 1.82) is 0 Å². The molecule has 0 aliphatic rings. The largest absolute Gasteiger partial charge is 0.493 e. The summed E-state index contributed by atoms with van der Waals surface area (Å²) in [5, 5.41) is 4.69. The molecule has 5 heteroatoms. The van der Waals surface area contributed by atoms with Crippen LogP contribution in [0.25, 0.3) is 16.9 Å². The molecular weight excluding hydrogens is 290 g/mol. The van der Waals surface area contributed by atoms with Crippen molar-refractivity contribution in [2.75, 3.05) is 14.2 Å². The molecule has 3 aromatic rings. The molecule has 1 heterocycles. The smallest absolute Gasteiger partial charge is 0.161 e. The van der Waals surface area contributed by atoms with Crippen molar-refractivity contribution in [2.24, 2.45) is 5.73 Å². The average molecular weight is 309 g/mol. The van der Waals surface area contributed by atoms with Crippen LogP contribution in [0.4, 0.5) is 0 Å². The first-order chi connectivity index (χ1) is 11.3. The number of benzene rings is 2. The van der Waals surface area contributed by atoms with E-state index in [1.54, 1.807) is 14.2 Å². The van der Waals surface area contributed by atoms with Crippen LogP contribution >= 0.6 is 0 Å². The second-order valence-electron chi connectivity index (χ2n) is 5.06. The molecule has 0 bridgehead atoms. The van der Waals surface area contributed by atoms with E-state index in [0.29, 0.717) is 18.0 Å². The molecule has 0 unspecified atom stereocenters. The van der Waals surface area contributed by atoms with Crippen LogP contribution in [0.1, 0.15) is 5.56 Å². The van der Waals surface area contributed by atoms with Gasteiger partial charge in [-0.3, -0.25) is 0 Å². The fraction of sp³-hybridized carbons (Fsp3) is 0.167. The van der Waals surface area contributed by atoms with Crippen molar-refractivity contribution < 1.29 is 9.47 Å². The number of nitrogens with two attached hydrogens (primary N) is 1. The summed E-state index contributed by atoms with van der Waals surface area (Å²) in [6.45, 7) is 0.413. The number of aromatic nitrogens is 2. The monoisotopic (exact) mass is 309 g/mol. The molecule has 0 amide bonds. The Hall–Kier alpha value is -2.79. The number of rotatable bonds is 5. The maximum atomic E-state index is 5.90. The van der Waals surface area contributed by atoms with Crippen molar-refractivity contribution in [1.82, 2.24) is 9.78 Å². The van der Waals surface area contributed by atoms with Gasteiger partial charge in [0.2, 0.25) is 0 Å². The predicted molar refractivity (Wildman–Crippen MR) is 90.0 cm³/mol. The van der Waals surface area contributed by atoms with Gasteiger partial charge in [0.25, 0.3) is 0 Å². The van der Waals surface area contributed by atoms with Gasteiger partial charge in [-0.05, 0) is 30.3 Å². The normalized spacial score (nSPS) is 10.6. The van der Waals surface area contributed by atoms with Gasteiger partial charge in [-0.2, -0.15) is 5.10 Å². The zero-order chi connectivity index (χ0) is 16.2. The first kappa shape index (κ1) is 15.1. The number of hydrogen-bond donors (Lipinski definition) is 1. The lowest BCUT2D eigenvalue weighted by atomic mass is 10.1. The van der Waals surface area contributed by atoms with Crippen LogP contribution in [-0.4, -0.2) is 24.0 Å². The van der Waals surface area contributed by atoms with E-state index in [1.807, 2.05) is 59.4 Å². The van der Waals surface area contributed by atoms with Crippen molar-refractivity contribution >= 4 is 0 Å². The molecule has 0 spiro atoms. The number of nitrogens with zero attached hydrogens (tertiary/aromatic N) is 2. The number of para-hydroxylation sites is 1. The Morgan fingerprint density at radius 3 is 2.39 bits per heavy atom. The summed E-state index contributed by atoms with van der Waals surface area (Å²) in [6, 6.07) is 15.7. The Morgan fingerprint density at radius 2 is 1.74 bits per heavy atom. The van der Waals surface area contributed by atoms with Crippen LogP contribution in [0.3, 0.4) is 0 Å². The molecule has 1 aromatic heterocycles. The highest BCUT2D eigenvalue weighted by atomic mass is 16.5. The number of methoxy groups -OCH3 is 2. The molecule has 2 N–H and O–H groups in total. The minimum Gasteiger partial charge on any atom is -0.493 e. The molecule has 0 aliphatic carbocycles. The van der Waals surface area contributed by atoms with Gasteiger partial charge in [-0.25, -0.2) is 4.68 Å². The molecule has 0 saturated heterocycles. The molecule has 23 heavy (non-hydrogen) atoms. The fourth-order valence-corrected chi connectivity index (χ4v) is 2.50. The van der Waals surface area contributed by atoms with Crippen molar-refractivity contribution in [3.63, 3.8) is 0 Å². The standard InChI is InChI=1S/C18H19N3O2/c1-22-16-9-8-13(10-17(16)23-2)18-14(11-19)12-21(20-18)15-6-4-3-5-7-15/h3-10,12H,11,19H2,1-2H3.